The molecule has 17 heavy (non-hydrogen) atoms. The van der Waals surface area contributed by atoms with Crippen molar-refractivity contribution in [2.75, 3.05) is 0 Å². The Balaban J connectivity index is 2.38. The van der Waals surface area contributed by atoms with Crippen LogP contribution in [0.15, 0.2) is 48.5 Å². The van der Waals surface area contributed by atoms with E-state index in [4.69, 9.17) is 0 Å². The van der Waals surface area contributed by atoms with Gasteiger partial charge in [0.2, 0.25) is 0 Å². The maximum Gasteiger partial charge on any atom is 0.131 e. The topological polar surface area (TPSA) is 15.8 Å². The second-order valence-electron chi connectivity index (χ2n) is 4.15. The second kappa shape index (κ2) is 3.74. The number of hydrogen-bond donors (Lipinski definition) is 1. The fraction of sp³-hybridized carbons (Fsp3) is 0.0667. The normalized spacial score (nSPS) is 10.9. The minimum absolute atomic E-state index is 0.180. The lowest BCUT2D eigenvalue weighted by atomic mass is 10.0. The van der Waals surface area contributed by atoms with Crippen molar-refractivity contribution in [1.29, 1.82) is 0 Å². The van der Waals surface area contributed by atoms with E-state index in [0.29, 0.717) is 5.56 Å². The molecule has 84 valence electrons. The third kappa shape index (κ3) is 1.53. The van der Waals surface area contributed by atoms with Crippen molar-refractivity contribution in [3.05, 3.63) is 60.0 Å². The van der Waals surface area contributed by atoms with Crippen LogP contribution in [-0.4, -0.2) is 4.98 Å². The van der Waals surface area contributed by atoms with E-state index >= 15 is 0 Å². The molecule has 0 aliphatic heterocycles. The standard InChI is InChI=1S/C15H12FN/c1-10-15(11-6-2-4-8-13(11)16)12-7-3-5-9-14(12)17-10/h2-9,17H,1H3. The lowest BCUT2D eigenvalue weighted by Gasteiger charge is -2.03. The SMILES string of the molecule is Cc1[nH]c2ccccc2c1-c1ccccc1F. The minimum atomic E-state index is -0.180. The Bertz CT molecular complexity index is 682. The molecule has 0 unspecified atom stereocenters. The third-order valence-corrected chi connectivity index (χ3v) is 3.04. The molecule has 2 aromatic carbocycles. The predicted molar refractivity (Wildman–Crippen MR) is 68.4 cm³/mol. The Morgan fingerprint density at radius 3 is 2.47 bits per heavy atom. The maximum atomic E-state index is 13.8. The first-order chi connectivity index (χ1) is 8.27. The molecule has 3 rings (SSSR count). The van der Waals surface area contributed by atoms with Crippen molar-refractivity contribution < 1.29 is 4.39 Å². The molecule has 2 heteroatoms. The van der Waals surface area contributed by atoms with Crippen LogP contribution in [0.4, 0.5) is 4.39 Å². The lowest BCUT2D eigenvalue weighted by molar-refractivity contribution is 0.631. The second-order valence-corrected chi connectivity index (χ2v) is 4.15. The largest absolute Gasteiger partial charge is 0.358 e. The van der Waals surface area contributed by atoms with Gasteiger partial charge in [-0.25, -0.2) is 4.39 Å². The molecule has 1 nitrogen and oxygen atoms in total. The Hall–Kier alpha value is -2.09. The fourth-order valence-corrected chi connectivity index (χ4v) is 2.29. The fourth-order valence-electron chi connectivity index (χ4n) is 2.29. The zero-order chi connectivity index (χ0) is 11.8. The van der Waals surface area contributed by atoms with Crippen molar-refractivity contribution in [2.24, 2.45) is 0 Å². The molecule has 1 heterocycles. The molecular weight excluding hydrogens is 213 g/mol. The van der Waals surface area contributed by atoms with Gasteiger partial charge in [0.1, 0.15) is 5.82 Å². The maximum absolute atomic E-state index is 13.8. The van der Waals surface area contributed by atoms with Crippen LogP contribution in [-0.2, 0) is 0 Å². The number of benzene rings is 2. The van der Waals surface area contributed by atoms with Crippen LogP contribution in [0.1, 0.15) is 5.69 Å². The van der Waals surface area contributed by atoms with Gasteiger partial charge in [0.25, 0.3) is 0 Å². The number of aromatic nitrogens is 1. The molecule has 0 aliphatic carbocycles. The van der Waals surface area contributed by atoms with E-state index in [-0.39, 0.29) is 5.82 Å². The molecule has 0 saturated heterocycles. The van der Waals surface area contributed by atoms with Gasteiger partial charge in [0, 0.05) is 27.7 Å². The monoisotopic (exact) mass is 225 g/mol. The number of aryl methyl sites for hydroxylation is 1. The molecule has 0 atom stereocenters. The van der Waals surface area contributed by atoms with Gasteiger partial charge in [-0.15, -0.1) is 0 Å². The highest BCUT2D eigenvalue weighted by Crippen LogP contribution is 2.33. The molecule has 0 saturated carbocycles. The number of hydrogen-bond acceptors (Lipinski definition) is 0. The molecule has 0 fully saturated rings. The van der Waals surface area contributed by atoms with E-state index < -0.39 is 0 Å². The van der Waals surface area contributed by atoms with Crippen LogP contribution < -0.4 is 0 Å². The van der Waals surface area contributed by atoms with Gasteiger partial charge in [-0.05, 0) is 19.1 Å². The van der Waals surface area contributed by atoms with Gasteiger partial charge in [-0.3, -0.25) is 0 Å². The summed E-state index contributed by atoms with van der Waals surface area (Å²) >= 11 is 0. The van der Waals surface area contributed by atoms with Crippen molar-refractivity contribution in [2.45, 2.75) is 6.92 Å². The van der Waals surface area contributed by atoms with Crippen LogP contribution in [0.5, 0.6) is 0 Å². The van der Waals surface area contributed by atoms with Gasteiger partial charge in [-0.2, -0.15) is 0 Å². The molecule has 0 spiro atoms. The van der Waals surface area contributed by atoms with Gasteiger partial charge in [0.15, 0.2) is 0 Å². The first kappa shape index (κ1) is 10.1. The van der Waals surface area contributed by atoms with Crippen LogP contribution in [0, 0.1) is 12.7 Å². The lowest BCUT2D eigenvalue weighted by Crippen LogP contribution is -1.84. The summed E-state index contributed by atoms with van der Waals surface area (Å²) in [5, 5.41) is 1.06. The Morgan fingerprint density at radius 1 is 0.941 bits per heavy atom. The smallest absolute Gasteiger partial charge is 0.131 e. The number of halogens is 1. The third-order valence-electron chi connectivity index (χ3n) is 3.04. The van der Waals surface area contributed by atoms with E-state index in [9.17, 15) is 4.39 Å². The van der Waals surface area contributed by atoms with Crippen molar-refractivity contribution in [3.8, 4) is 11.1 Å². The highest BCUT2D eigenvalue weighted by Gasteiger charge is 2.12. The molecule has 0 radical (unpaired) electrons. The van der Waals surface area contributed by atoms with E-state index in [1.165, 1.54) is 6.07 Å². The highest BCUT2D eigenvalue weighted by atomic mass is 19.1. The van der Waals surface area contributed by atoms with Crippen LogP contribution in [0.25, 0.3) is 22.0 Å². The van der Waals surface area contributed by atoms with E-state index in [1.54, 1.807) is 6.07 Å². The predicted octanol–water partition coefficient (Wildman–Crippen LogP) is 4.28. The zero-order valence-corrected chi connectivity index (χ0v) is 9.50. The zero-order valence-electron chi connectivity index (χ0n) is 9.50. The number of H-pyrrole nitrogens is 1. The summed E-state index contributed by atoms with van der Waals surface area (Å²) in [6, 6.07) is 14.9. The molecule has 0 aliphatic rings. The molecule has 0 amide bonds. The van der Waals surface area contributed by atoms with E-state index in [1.807, 2.05) is 43.3 Å². The first-order valence-corrected chi connectivity index (χ1v) is 5.59. The Labute approximate surface area is 98.9 Å². The summed E-state index contributed by atoms with van der Waals surface area (Å²) in [6.07, 6.45) is 0. The van der Waals surface area contributed by atoms with E-state index in [2.05, 4.69) is 4.98 Å². The molecule has 0 bridgehead atoms. The average molecular weight is 225 g/mol. The average Bonchev–Trinajstić information content (AvgIpc) is 2.66. The molecule has 1 N–H and O–H groups in total. The van der Waals surface area contributed by atoms with Crippen LogP contribution >= 0.6 is 0 Å². The summed E-state index contributed by atoms with van der Waals surface area (Å²) in [5.74, 6) is -0.180. The number of aromatic amines is 1. The summed E-state index contributed by atoms with van der Waals surface area (Å²) in [4.78, 5) is 3.29. The van der Waals surface area contributed by atoms with Crippen LogP contribution in [0.2, 0.25) is 0 Å². The van der Waals surface area contributed by atoms with Crippen molar-refractivity contribution >= 4 is 10.9 Å². The number of rotatable bonds is 1. The van der Waals surface area contributed by atoms with Crippen molar-refractivity contribution in [3.63, 3.8) is 0 Å². The quantitative estimate of drug-likeness (QED) is 0.636. The Morgan fingerprint density at radius 2 is 1.65 bits per heavy atom. The van der Waals surface area contributed by atoms with Gasteiger partial charge < -0.3 is 4.98 Å². The van der Waals surface area contributed by atoms with E-state index in [0.717, 1.165) is 22.2 Å². The van der Waals surface area contributed by atoms with Gasteiger partial charge in [-0.1, -0.05) is 36.4 Å². The van der Waals surface area contributed by atoms with Gasteiger partial charge >= 0.3 is 0 Å². The van der Waals surface area contributed by atoms with Crippen molar-refractivity contribution in [1.82, 2.24) is 4.98 Å². The Kier molecular flexibility index (Phi) is 2.22. The molecular formula is C15H12FN. The summed E-state index contributed by atoms with van der Waals surface area (Å²) in [7, 11) is 0. The minimum Gasteiger partial charge on any atom is -0.358 e. The van der Waals surface area contributed by atoms with Gasteiger partial charge in [0.05, 0.1) is 0 Å². The molecule has 1 aromatic heterocycles. The number of fused-ring (bicyclic) bond motifs is 1. The number of nitrogens with one attached hydrogen (secondary N) is 1. The summed E-state index contributed by atoms with van der Waals surface area (Å²) < 4.78 is 13.8. The number of para-hydroxylation sites is 1. The first-order valence-electron chi connectivity index (χ1n) is 5.59. The van der Waals surface area contributed by atoms with Crippen LogP contribution in [0.3, 0.4) is 0 Å². The summed E-state index contributed by atoms with van der Waals surface area (Å²) in [6.45, 7) is 1.97. The summed E-state index contributed by atoms with van der Waals surface area (Å²) in [5.41, 5.74) is 3.65. The molecule has 3 aromatic rings. The highest BCUT2D eigenvalue weighted by molar-refractivity contribution is 5.97.